The van der Waals surface area contributed by atoms with Crippen LogP contribution in [0.3, 0.4) is 0 Å². The molecule has 22 heavy (non-hydrogen) atoms. The van der Waals surface area contributed by atoms with Crippen LogP contribution in [-0.2, 0) is 6.54 Å². The zero-order chi connectivity index (χ0) is 15.4. The predicted octanol–water partition coefficient (Wildman–Crippen LogP) is 3.60. The lowest BCUT2D eigenvalue weighted by Crippen LogP contribution is -2.00. The molecule has 3 aromatic rings. The molecule has 0 amide bonds. The maximum absolute atomic E-state index is 10.6. The molecule has 0 spiro atoms. The SMILES string of the molecule is O=[N+]([O-])c1ccc(/C=C/c2nccn2Cc2ccccc2)o1. The normalized spacial score (nSPS) is 11.1. The Morgan fingerprint density at radius 3 is 2.73 bits per heavy atom. The van der Waals surface area contributed by atoms with Crippen molar-refractivity contribution in [3.63, 3.8) is 0 Å². The number of benzene rings is 1. The van der Waals surface area contributed by atoms with Crippen LogP contribution >= 0.6 is 0 Å². The lowest BCUT2D eigenvalue weighted by molar-refractivity contribution is -0.402. The summed E-state index contributed by atoms with van der Waals surface area (Å²) in [5.41, 5.74) is 1.17. The summed E-state index contributed by atoms with van der Waals surface area (Å²) in [4.78, 5) is 14.3. The van der Waals surface area contributed by atoms with Gasteiger partial charge in [0.1, 0.15) is 16.5 Å². The second kappa shape index (κ2) is 6.09. The van der Waals surface area contributed by atoms with E-state index >= 15 is 0 Å². The van der Waals surface area contributed by atoms with E-state index in [4.69, 9.17) is 4.42 Å². The van der Waals surface area contributed by atoms with E-state index in [-0.39, 0.29) is 5.88 Å². The Balaban J connectivity index is 1.77. The second-order valence-electron chi connectivity index (χ2n) is 4.67. The van der Waals surface area contributed by atoms with Gasteiger partial charge in [-0.2, -0.15) is 0 Å². The number of nitro groups is 1. The van der Waals surface area contributed by atoms with Gasteiger partial charge in [-0.3, -0.25) is 10.1 Å². The van der Waals surface area contributed by atoms with Crippen molar-refractivity contribution in [2.45, 2.75) is 6.54 Å². The van der Waals surface area contributed by atoms with Crippen molar-refractivity contribution < 1.29 is 9.34 Å². The average Bonchev–Trinajstić information content (AvgIpc) is 3.15. The van der Waals surface area contributed by atoms with Crippen molar-refractivity contribution in [3.05, 3.63) is 82.1 Å². The molecule has 1 aromatic carbocycles. The summed E-state index contributed by atoms with van der Waals surface area (Å²) in [5.74, 6) is 0.899. The first-order valence-corrected chi connectivity index (χ1v) is 6.70. The average molecular weight is 295 g/mol. The highest BCUT2D eigenvalue weighted by Crippen LogP contribution is 2.17. The standard InChI is InChI=1S/C16H13N3O3/c20-19(21)16-9-7-14(22-16)6-8-15-17-10-11-18(15)12-13-4-2-1-3-5-13/h1-11H,12H2/b8-6+. The third kappa shape index (κ3) is 3.12. The molecule has 0 aliphatic heterocycles. The molecule has 0 aliphatic carbocycles. The van der Waals surface area contributed by atoms with Crippen molar-refractivity contribution in [3.8, 4) is 0 Å². The Morgan fingerprint density at radius 1 is 1.18 bits per heavy atom. The van der Waals surface area contributed by atoms with E-state index in [1.54, 1.807) is 24.4 Å². The van der Waals surface area contributed by atoms with Gasteiger partial charge in [0.05, 0.1) is 6.07 Å². The van der Waals surface area contributed by atoms with Gasteiger partial charge < -0.3 is 8.98 Å². The van der Waals surface area contributed by atoms with Gasteiger partial charge in [-0.15, -0.1) is 0 Å². The van der Waals surface area contributed by atoms with Crippen molar-refractivity contribution in [1.82, 2.24) is 9.55 Å². The van der Waals surface area contributed by atoms with E-state index in [0.29, 0.717) is 12.3 Å². The van der Waals surface area contributed by atoms with Crippen molar-refractivity contribution in [2.75, 3.05) is 0 Å². The van der Waals surface area contributed by atoms with Crippen LogP contribution in [0.4, 0.5) is 5.88 Å². The van der Waals surface area contributed by atoms with Gasteiger partial charge in [0.15, 0.2) is 0 Å². The Morgan fingerprint density at radius 2 is 2.00 bits per heavy atom. The maximum atomic E-state index is 10.6. The summed E-state index contributed by atoms with van der Waals surface area (Å²) >= 11 is 0. The van der Waals surface area contributed by atoms with Gasteiger partial charge >= 0.3 is 5.88 Å². The monoisotopic (exact) mass is 295 g/mol. The molecule has 0 N–H and O–H groups in total. The van der Waals surface area contributed by atoms with Crippen LogP contribution in [0.25, 0.3) is 12.2 Å². The summed E-state index contributed by atoms with van der Waals surface area (Å²) in [6.45, 7) is 0.707. The van der Waals surface area contributed by atoms with Crippen molar-refractivity contribution in [2.24, 2.45) is 0 Å². The summed E-state index contributed by atoms with van der Waals surface area (Å²) in [7, 11) is 0. The van der Waals surface area contributed by atoms with E-state index < -0.39 is 4.92 Å². The predicted molar refractivity (Wildman–Crippen MR) is 82.1 cm³/mol. The number of nitrogens with zero attached hydrogens (tertiary/aromatic N) is 3. The molecular formula is C16H13N3O3. The quantitative estimate of drug-likeness (QED) is 0.532. The van der Waals surface area contributed by atoms with Crippen LogP contribution in [0, 0.1) is 10.1 Å². The van der Waals surface area contributed by atoms with Crippen LogP contribution in [0.2, 0.25) is 0 Å². The molecule has 6 nitrogen and oxygen atoms in total. The third-order valence-corrected chi connectivity index (χ3v) is 3.13. The topological polar surface area (TPSA) is 74.1 Å². The zero-order valence-electron chi connectivity index (χ0n) is 11.6. The highest BCUT2D eigenvalue weighted by molar-refractivity contribution is 5.64. The highest BCUT2D eigenvalue weighted by Gasteiger charge is 2.10. The fourth-order valence-electron chi connectivity index (χ4n) is 2.08. The van der Waals surface area contributed by atoms with Crippen molar-refractivity contribution in [1.29, 1.82) is 0 Å². The summed E-state index contributed by atoms with van der Waals surface area (Å²) in [6.07, 6.45) is 7.03. The van der Waals surface area contributed by atoms with E-state index in [2.05, 4.69) is 4.98 Å². The van der Waals surface area contributed by atoms with Crippen molar-refractivity contribution >= 4 is 18.0 Å². The Labute approximate surface area is 126 Å². The number of imidazole rings is 1. The fraction of sp³-hybridized carbons (Fsp3) is 0.0625. The number of hydrogen-bond donors (Lipinski definition) is 0. The van der Waals surface area contributed by atoms with Crippen LogP contribution in [0.5, 0.6) is 0 Å². The summed E-state index contributed by atoms with van der Waals surface area (Å²) < 4.78 is 7.07. The maximum Gasteiger partial charge on any atom is 0.433 e. The molecule has 0 bridgehead atoms. The van der Waals surface area contributed by atoms with E-state index in [1.165, 1.54) is 11.6 Å². The fourth-order valence-corrected chi connectivity index (χ4v) is 2.08. The number of rotatable bonds is 5. The van der Waals surface area contributed by atoms with Crippen LogP contribution < -0.4 is 0 Å². The Bertz CT molecular complexity index is 803. The molecule has 110 valence electrons. The van der Waals surface area contributed by atoms with Gasteiger partial charge in [0, 0.05) is 18.9 Å². The van der Waals surface area contributed by atoms with Crippen LogP contribution in [-0.4, -0.2) is 14.5 Å². The van der Waals surface area contributed by atoms with Gasteiger partial charge in [0.25, 0.3) is 0 Å². The summed E-state index contributed by atoms with van der Waals surface area (Å²) in [6, 6.07) is 12.9. The molecule has 0 saturated heterocycles. The molecule has 2 aromatic heterocycles. The van der Waals surface area contributed by atoms with Gasteiger partial charge in [-0.25, -0.2) is 4.98 Å². The first kappa shape index (κ1) is 13.8. The Kier molecular flexibility index (Phi) is 3.82. The highest BCUT2D eigenvalue weighted by atomic mass is 16.6. The molecule has 2 heterocycles. The number of furan rings is 1. The molecule has 0 atom stereocenters. The first-order chi connectivity index (χ1) is 10.7. The van der Waals surface area contributed by atoms with Gasteiger partial charge in [-0.05, 0) is 23.8 Å². The van der Waals surface area contributed by atoms with E-state index in [0.717, 1.165) is 5.82 Å². The van der Waals surface area contributed by atoms with Crippen LogP contribution in [0.15, 0.2) is 59.3 Å². The number of aromatic nitrogens is 2. The molecule has 3 rings (SSSR count). The number of hydrogen-bond acceptors (Lipinski definition) is 4. The molecule has 0 unspecified atom stereocenters. The lowest BCUT2D eigenvalue weighted by atomic mass is 10.2. The smallest absolute Gasteiger partial charge is 0.401 e. The minimum absolute atomic E-state index is 0.271. The second-order valence-corrected chi connectivity index (χ2v) is 4.67. The molecule has 0 radical (unpaired) electrons. The molecular weight excluding hydrogens is 282 g/mol. The Hall–Kier alpha value is -3.15. The minimum atomic E-state index is -0.562. The van der Waals surface area contributed by atoms with Gasteiger partial charge in [0.2, 0.25) is 0 Å². The zero-order valence-corrected chi connectivity index (χ0v) is 11.6. The van der Waals surface area contributed by atoms with E-state index in [1.807, 2.05) is 41.1 Å². The van der Waals surface area contributed by atoms with Crippen LogP contribution in [0.1, 0.15) is 17.1 Å². The lowest BCUT2D eigenvalue weighted by Gasteiger charge is -2.04. The first-order valence-electron chi connectivity index (χ1n) is 6.70. The van der Waals surface area contributed by atoms with E-state index in [9.17, 15) is 10.1 Å². The summed E-state index contributed by atoms with van der Waals surface area (Å²) in [5, 5.41) is 10.6. The minimum Gasteiger partial charge on any atom is -0.401 e. The molecule has 6 heteroatoms. The molecule has 0 saturated carbocycles. The third-order valence-electron chi connectivity index (χ3n) is 3.13. The molecule has 0 aliphatic rings. The largest absolute Gasteiger partial charge is 0.433 e. The van der Waals surface area contributed by atoms with Gasteiger partial charge in [-0.1, -0.05) is 30.3 Å². The molecule has 0 fully saturated rings.